The fraction of sp³-hybridized carbons (Fsp3) is 0.636. The highest BCUT2D eigenvalue weighted by Gasteiger charge is 2.27. The van der Waals surface area contributed by atoms with Crippen LogP contribution in [0, 0.1) is 5.92 Å². The molecule has 1 aromatic carbocycles. The van der Waals surface area contributed by atoms with E-state index in [-0.39, 0.29) is 35.9 Å². The van der Waals surface area contributed by atoms with Gasteiger partial charge in [-0.3, -0.25) is 9.79 Å². The fourth-order valence-electron chi connectivity index (χ4n) is 3.62. The maximum absolute atomic E-state index is 11.7. The average Bonchev–Trinajstić information content (AvgIpc) is 2.78. The van der Waals surface area contributed by atoms with Crippen molar-refractivity contribution in [2.24, 2.45) is 10.9 Å². The third-order valence-corrected chi connectivity index (χ3v) is 5.51. The smallest absolute Gasteiger partial charge is 0.308 e. The monoisotopic (exact) mass is 532 g/mol. The van der Waals surface area contributed by atoms with Gasteiger partial charge in [-0.05, 0) is 32.0 Å². The molecule has 0 aromatic heterocycles. The van der Waals surface area contributed by atoms with Gasteiger partial charge in [-0.15, -0.1) is 24.0 Å². The molecule has 30 heavy (non-hydrogen) atoms. The molecule has 0 radical (unpaired) electrons. The largest absolute Gasteiger partial charge is 0.492 e. The van der Waals surface area contributed by atoms with Crippen LogP contribution in [0.3, 0.4) is 0 Å². The number of halogens is 1. The maximum atomic E-state index is 11.7. The van der Waals surface area contributed by atoms with Gasteiger partial charge in [-0.25, -0.2) is 0 Å². The zero-order chi connectivity index (χ0) is 21.1. The Morgan fingerprint density at radius 3 is 2.50 bits per heavy atom. The summed E-state index contributed by atoms with van der Waals surface area (Å²) in [5.41, 5.74) is 1.11. The van der Waals surface area contributed by atoms with Gasteiger partial charge in [-0.1, -0.05) is 32.0 Å². The number of methoxy groups -OCH3 is 1. The van der Waals surface area contributed by atoms with Crippen molar-refractivity contribution >= 4 is 35.9 Å². The lowest BCUT2D eigenvalue weighted by molar-refractivity contribution is -0.146. The lowest BCUT2D eigenvalue weighted by atomic mass is 9.97. The topological polar surface area (TPSA) is 66.4 Å². The summed E-state index contributed by atoms with van der Waals surface area (Å²) in [7, 11) is 3.25. The summed E-state index contributed by atoms with van der Waals surface area (Å²) in [6, 6.07) is 8.13. The molecular formula is C22H37IN4O3. The number of benzene rings is 1. The van der Waals surface area contributed by atoms with Crippen LogP contribution in [0.25, 0.3) is 0 Å². The number of esters is 1. The molecule has 1 fully saturated rings. The van der Waals surface area contributed by atoms with Crippen LogP contribution in [0.2, 0.25) is 0 Å². The van der Waals surface area contributed by atoms with E-state index in [1.807, 2.05) is 18.2 Å². The number of nitrogens with one attached hydrogen (secondary N) is 1. The predicted molar refractivity (Wildman–Crippen MR) is 132 cm³/mol. The van der Waals surface area contributed by atoms with Crippen molar-refractivity contribution in [3.05, 3.63) is 29.8 Å². The van der Waals surface area contributed by atoms with Crippen molar-refractivity contribution < 1.29 is 14.3 Å². The van der Waals surface area contributed by atoms with E-state index in [9.17, 15) is 4.79 Å². The molecule has 1 N–H and O–H groups in total. The third-order valence-electron chi connectivity index (χ3n) is 5.51. The fourth-order valence-corrected chi connectivity index (χ4v) is 3.62. The summed E-state index contributed by atoms with van der Waals surface area (Å²) in [5, 5.41) is 3.44. The van der Waals surface area contributed by atoms with Crippen LogP contribution >= 0.6 is 24.0 Å². The Hall–Kier alpha value is -1.55. The van der Waals surface area contributed by atoms with Gasteiger partial charge in [0.25, 0.3) is 0 Å². The van der Waals surface area contributed by atoms with Crippen molar-refractivity contribution in [3.63, 3.8) is 0 Å². The second-order valence-corrected chi connectivity index (χ2v) is 7.17. The molecule has 0 unspecified atom stereocenters. The summed E-state index contributed by atoms with van der Waals surface area (Å²) in [5.74, 6) is 1.65. The Labute approximate surface area is 198 Å². The Balaban J connectivity index is 0.00000450. The summed E-state index contributed by atoms with van der Waals surface area (Å²) >= 11 is 0. The normalized spacial score (nSPS) is 15.0. The quantitative estimate of drug-likeness (QED) is 0.228. The van der Waals surface area contributed by atoms with E-state index >= 15 is 0 Å². The van der Waals surface area contributed by atoms with Crippen LogP contribution in [-0.2, 0) is 16.1 Å². The Morgan fingerprint density at radius 1 is 1.23 bits per heavy atom. The van der Waals surface area contributed by atoms with Gasteiger partial charge in [0, 0.05) is 38.8 Å². The molecule has 0 amide bonds. The number of nitrogens with zero attached hydrogens (tertiary/aromatic N) is 3. The van der Waals surface area contributed by atoms with E-state index in [2.05, 4.69) is 40.0 Å². The lowest BCUT2D eigenvalue weighted by Gasteiger charge is -2.33. The average molecular weight is 532 g/mol. The molecule has 0 atom stereocenters. The molecule has 7 nitrogen and oxygen atoms in total. The van der Waals surface area contributed by atoms with Crippen LogP contribution in [0.15, 0.2) is 29.3 Å². The van der Waals surface area contributed by atoms with Crippen molar-refractivity contribution in [2.75, 3.05) is 53.5 Å². The standard InChI is InChI=1S/C22H36N4O3.HI/c1-5-25(6-2)15-16-29-20-10-8-7-9-19(20)17-24-22(23-3)26-13-11-18(12-14-26)21(27)28-4;/h7-10,18H,5-6,11-17H2,1-4H3,(H,23,24);1H. The zero-order valence-corrected chi connectivity index (χ0v) is 21.1. The zero-order valence-electron chi connectivity index (χ0n) is 18.7. The first kappa shape index (κ1) is 26.5. The number of carbonyl (C=O) groups excluding carboxylic acids is 1. The van der Waals surface area contributed by atoms with Crippen LogP contribution < -0.4 is 10.1 Å². The number of ether oxygens (including phenoxy) is 2. The first-order valence-electron chi connectivity index (χ1n) is 10.6. The van der Waals surface area contributed by atoms with Crippen molar-refractivity contribution in [3.8, 4) is 5.75 Å². The molecule has 1 aromatic rings. The Morgan fingerprint density at radius 2 is 1.90 bits per heavy atom. The van der Waals surface area contributed by atoms with Crippen LogP contribution in [-0.4, -0.2) is 75.2 Å². The molecule has 0 bridgehead atoms. The number of likely N-dealkylation sites (N-methyl/N-ethyl adjacent to an activating group) is 1. The summed E-state index contributed by atoms with van der Waals surface area (Å²) in [6.07, 6.45) is 1.58. The first-order valence-corrected chi connectivity index (χ1v) is 10.6. The van der Waals surface area contributed by atoms with Gasteiger partial charge >= 0.3 is 5.97 Å². The van der Waals surface area contributed by atoms with Crippen LogP contribution in [0.1, 0.15) is 32.3 Å². The molecule has 0 saturated carbocycles. The van der Waals surface area contributed by atoms with Crippen LogP contribution in [0.4, 0.5) is 0 Å². The molecule has 8 heteroatoms. The molecule has 1 saturated heterocycles. The lowest BCUT2D eigenvalue weighted by Crippen LogP contribution is -2.46. The van der Waals surface area contributed by atoms with E-state index < -0.39 is 0 Å². The minimum absolute atomic E-state index is 0. The molecule has 170 valence electrons. The van der Waals surface area contributed by atoms with Crippen molar-refractivity contribution in [2.45, 2.75) is 33.2 Å². The number of piperidine rings is 1. The summed E-state index contributed by atoms with van der Waals surface area (Å²) in [6.45, 7) is 10.2. The molecule has 1 heterocycles. The maximum Gasteiger partial charge on any atom is 0.308 e. The van der Waals surface area contributed by atoms with E-state index in [1.165, 1.54) is 7.11 Å². The molecule has 2 rings (SSSR count). The van der Waals surface area contributed by atoms with E-state index in [1.54, 1.807) is 7.05 Å². The summed E-state index contributed by atoms with van der Waals surface area (Å²) in [4.78, 5) is 20.7. The number of hydrogen-bond acceptors (Lipinski definition) is 5. The Bertz CT molecular complexity index is 660. The highest BCUT2D eigenvalue weighted by molar-refractivity contribution is 14.0. The van der Waals surface area contributed by atoms with E-state index in [4.69, 9.17) is 9.47 Å². The van der Waals surface area contributed by atoms with Gasteiger partial charge in [0.1, 0.15) is 12.4 Å². The minimum atomic E-state index is -0.108. The number of para-hydroxylation sites is 1. The second-order valence-electron chi connectivity index (χ2n) is 7.17. The number of likely N-dealkylation sites (tertiary alicyclic amines) is 1. The van der Waals surface area contributed by atoms with Gasteiger partial charge in [0.15, 0.2) is 5.96 Å². The predicted octanol–water partition coefficient (Wildman–Crippen LogP) is 2.99. The van der Waals surface area contributed by atoms with Gasteiger partial charge in [-0.2, -0.15) is 0 Å². The summed E-state index contributed by atoms with van der Waals surface area (Å²) < 4.78 is 10.9. The first-order chi connectivity index (χ1) is 14.1. The SMILES string of the molecule is CCN(CC)CCOc1ccccc1CNC(=NC)N1CCC(C(=O)OC)CC1.I. The van der Waals surface area contributed by atoms with Gasteiger partial charge in [0.2, 0.25) is 0 Å². The minimum Gasteiger partial charge on any atom is -0.492 e. The molecule has 0 aliphatic carbocycles. The van der Waals surface area contributed by atoms with Gasteiger partial charge < -0.3 is 24.6 Å². The number of aliphatic imine (C=N–C) groups is 1. The highest BCUT2D eigenvalue weighted by atomic mass is 127. The van der Waals surface area contributed by atoms with E-state index in [0.29, 0.717) is 13.2 Å². The number of hydrogen-bond donors (Lipinski definition) is 1. The van der Waals surface area contributed by atoms with Crippen molar-refractivity contribution in [1.82, 2.24) is 15.1 Å². The number of carbonyl (C=O) groups is 1. The number of rotatable bonds is 9. The van der Waals surface area contributed by atoms with E-state index in [0.717, 1.165) is 62.8 Å². The number of guanidine groups is 1. The third kappa shape index (κ3) is 7.94. The van der Waals surface area contributed by atoms with Crippen molar-refractivity contribution in [1.29, 1.82) is 0 Å². The molecule has 0 spiro atoms. The second kappa shape index (κ2) is 14.5. The molecule has 1 aliphatic heterocycles. The van der Waals surface area contributed by atoms with Crippen LogP contribution in [0.5, 0.6) is 5.75 Å². The molecule has 1 aliphatic rings. The Kier molecular flexibility index (Phi) is 12.8. The highest BCUT2D eigenvalue weighted by Crippen LogP contribution is 2.20. The van der Waals surface area contributed by atoms with Gasteiger partial charge in [0.05, 0.1) is 13.0 Å². The molecular weight excluding hydrogens is 495 g/mol.